The zero-order chi connectivity index (χ0) is 13.3. The Morgan fingerprint density at radius 2 is 1.94 bits per heavy atom. The normalized spacial score (nSPS) is 10.4. The average molecular weight is 288 g/mol. The van der Waals surface area contributed by atoms with Crippen LogP contribution in [0.1, 0.15) is 10.4 Å². The number of nitrogens with zero attached hydrogens (tertiary/aromatic N) is 1. The molecule has 1 aromatic carbocycles. The minimum Gasteiger partial charge on any atom is -0.298 e. The van der Waals surface area contributed by atoms with Gasteiger partial charge in [0.2, 0.25) is 0 Å². The number of aldehydes is 1. The Labute approximate surface area is 111 Å². The van der Waals surface area contributed by atoms with E-state index in [1.165, 1.54) is 12.1 Å². The maximum Gasteiger partial charge on any atom is 0.168 e. The number of rotatable bonds is 2. The number of halogens is 4. The lowest BCUT2D eigenvalue weighted by Gasteiger charge is -2.08. The Bertz CT molecular complexity index is 632. The van der Waals surface area contributed by atoms with E-state index in [9.17, 15) is 13.6 Å². The maximum absolute atomic E-state index is 13.6. The first-order valence-electron chi connectivity index (χ1n) is 4.79. The predicted octanol–water partition coefficient (Wildman–Crippen LogP) is 4.15. The van der Waals surface area contributed by atoms with Gasteiger partial charge in [-0.05, 0) is 12.1 Å². The van der Waals surface area contributed by atoms with Crippen molar-refractivity contribution in [3.05, 3.63) is 51.6 Å². The molecule has 1 aromatic heterocycles. The van der Waals surface area contributed by atoms with Crippen LogP contribution < -0.4 is 0 Å². The molecule has 2 rings (SSSR count). The number of hydrogen-bond donors (Lipinski definition) is 0. The minimum atomic E-state index is -1.08. The van der Waals surface area contributed by atoms with E-state index in [0.717, 1.165) is 12.3 Å². The first-order valence-corrected chi connectivity index (χ1v) is 5.55. The third-order valence-corrected chi connectivity index (χ3v) is 3.02. The van der Waals surface area contributed by atoms with Crippen molar-refractivity contribution in [3.8, 4) is 11.3 Å². The summed E-state index contributed by atoms with van der Waals surface area (Å²) in [7, 11) is 0. The van der Waals surface area contributed by atoms with E-state index in [0.29, 0.717) is 6.29 Å². The molecule has 18 heavy (non-hydrogen) atoms. The SMILES string of the molecule is O=Cc1c(Cl)cnc(-c2cccc(F)c2F)c1Cl. The number of aromatic nitrogens is 1. The van der Waals surface area contributed by atoms with Gasteiger partial charge < -0.3 is 0 Å². The topological polar surface area (TPSA) is 30.0 Å². The molecule has 0 N–H and O–H groups in total. The number of hydrogen-bond acceptors (Lipinski definition) is 2. The Hall–Kier alpha value is -1.52. The summed E-state index contributed by atoms with van der Waals surface area (Å²) in [6, 6.07) is 3.61. The lowest BCUT2D eigenvalue weighted by Crippen LogP contribution is -1.96. The van der Waals surface area contributed by atoms with Crippen molar-refractivity contribution in [2.75, 3.05) is 0 Å². The second-order valence-electron chi connectivity index (χ2n) is 3.40. The van der Waals surface area contributed by atoms with E-state index >= 15 is 0 Å². The first-order chi connectivity index (χ1) is 8.56. The molecule has 0 saturated heterocycles. The Morgan fingerprint density at radius 1 is 1.22 bits per heavy atom. The van der Waals surface area contributed by atoms with E-state index in [1.807, 2.05) is 0 Å². The summed E-state index contributed by atoms with van der Waals surface area (Å²) < 4.78 is 26.7. The van der Waals surface area contributed by atoms with Crippen molar-refractivity contribution < 1.29 is 13.6 Å². The van der Waals surface area contributed by atoms with Crippen LogP contribution in [0.15, 0.2) is 24.4 Å². The zero-order valence-corrected chi connectivity index (χ0v) is 10.3. The van der Waals surface area contributed by atoms with Crippen molar-refractivity contribution in [1.82, 2.24) is 4.98 Å². The summed E-state index contributed by atoms with van der Waals surface area (Å²) in [4.78, 5) is 14.6. The molecular weight excluding hydrogens is 283 g/mol. The van der Waals surface area contributed by atoms with Crippen LogP contribution in [0.2, 0.25) is 10.0 Å². The van der Waals surface area contributed by atoms with Crippen molar-refractivity contribution in [2.24, 2.45) is 0 Å². The largest absolute Gasteiger partial charge is 0.298 e. The smallest absolute Gasteiger partial charge is 0.168 e. The molecule has 0 amide bonds. The molecule has 0 aliphatic rings. The molecular formula is C12H5Cl2F2NO. The third kappa shape index (κ3) is 2.09. The molecule has 2 aromatic rings. The van der Waals surface area contributed by atoms with E-state index in [1.54, 1.807) is 0 Å². The van der Waals surface area contributed by atoms with Crippen LogP contribution in [0.25, 0.3) is 11.3 Å². The van der Waals surface area contributed by atoms with Crippen molar-refractivity contribution in [2.45, 2.75) is 0 Å². The van der Waals surface area contributed by atoms with E-state index < -0.39 is 11.6 Å². The molecule has 0 atom stereocenters. The minimum absolute atomic E-state index is 0.00741. The monoisotopic (exact) mass is 287 g/mol. The van der Waals surface area contributed by atoms with Gasteiger partial charge in [0, 0.05) is 11.8 Å². The fourth-order valence-electron chi connectivity index (χ4n) is 1.46. The lowest BCUT2D eigenvalue weighted by molar-refractivity contribution is 0.112. The number of benzene rings is 1. The van der Waals surface area contributed by atoms with Crippen LogP contribution in [0.5, 0.6) is 0 Å². The second kappa shape index (κ2) is 5.00. The van der Waals surface area contributed by atoms with Crippen LogP contribution in [0.3, 0.4) is 0 Å². The van der Waals surface area contributed by atoms with Crippen LogP contribution in [0.4, 0.5) is 8.78 Å². The molecule has 0 spiro atoms. The Kier molecular flexibility index (Phi) is 3.59. The van der Waals surface area contributed by atoms with Gasteiger partial charge in [-0.2, -0.15) is 0 Å². The van der Waals surface area contributed by atoms with Crippen molar-refractivity contribution in [1.29, 1.82) is 0 Å². The van der Waals surface area contributed by atoms with E-state index in [2.05, 4.69) is 4.98 Å². The highest BCUT2D eigenvalue weighted by molar-refractivity contribution is 6.39. The molecule has 0 aliphatic carbocycles. The van der Waals surface area contributed by atoms with Crippen LogP contribution in [-0.4, -0.2) is 11.3 Å². The molecule has 0 saturated carbocycles. The van der Waals surface area contributed by atoms with Crippen molar-refractivity contribution >= 4 is 29.5 Å². The average Bonchev–Trinajstić information content (AvgIpc) is 2.34. The Balaban J connectivity index is 2.72. The summed E-state index contributed by atoms with van der Waals surface area (Å²) in [5, 5.41) is -0.0578. The number of carbonyl (C=O) groups excluding carboxylic acids is 1. The van der Waals surface area contributed by atoms with Gasteiger partial charge in [-0.25, -0.2) is 8.78 Å². The van der Waals surface area contributed by atoms with Crippen LogP contribution in [0, 0.1) is 11.6 Å². The van der Waals surface area contributed by atoms with E-state index in [4.69, 9.17) is 23.2 Å². The van der Waals surface area contributed by atoms with E-state index in [-0.39, 0.29) is 26.9 Å². The second-order valence-corrected chi connectivity index (χ2v) is 4.19. The van der Waals surface area contributed by atoms with Gasteiger partial charge in [0.15, 0.2) is 17.9 Å². The van der Waals surface area contributed by atoms with Gasteiger partial charge in [0.1, 0.15) is 0 Å². The number of pyridine rings is 1. The summed E-state index contributed by atoms with van der Waals surface area (Å²) >= 11 is 11.6. The molecule has 2 nitrogen and oxygen atoms in total. The molecule has 0 bridgehead atoms. The number of carbonyl (C=O) groups is 1. The standard InChI is InChI=1S/C12H5Cl2F2NO/c13-8-4-17-12(10(14)7(8)5-18)6-2-1-3-9(15)11(6)16/h1-5H. The third-order valence-electron chi connectivity index (χ3n) is 2.33. The van der Waals surface area contributed by atoms with Gasteiger partial charge >= 0.3 is 0 Å². The molecule has 1 heterocycles. The molecule has 6 heteroatoms. The van der Waals surface area contributed by atoms with Crippen LogP contribution in [-0.2, 0) is 0 Å². The molecule has 92 valence electrons. The predicted molar refractivity (Wildman–Crippen MR) is 65.0 cm³/mol. The molecule has 0 radical (unpaired) electrons. The summed E-state index contributed by atoms with van der Waals surface area (Å²) in [5.41, 5.74) is -0.160. The van der Waals surface area contributed by atoms with Gasteiger partial charge in [0.05, 0.1) is 21.3 Å². The molecule has 0 unspecified atom stereocenters. The zero-order valence-electron chi connectivity index (χ0n) is 8.75. The Morgan fingerprint density at radius 3 is 2.61 bits per heavy atom. The summed E-state index contributed by atoms with van der Waals surface area (Å²) in [5.74, 6) is -2.10. The molecule has 0 fully saturated rings. The van der Waals surface area contributed by atoms with Gasteiger partial charge in [-0.15, -0.1) is 0 Å². The highest BCUT2D eigenvalue weighted by Crippen LogP contribution is 2.33. The lowest BCUT2D eigenvalue weighted by atomic mass is 10.1. The van der Waals surface area contributed by atoms with Crippen LogP contribution >= 0.6 is 23.2 Å². The fourth-order valence-corrected chi connectivity index (χ4v) is 2.00. The fraction of sp³-hybridized carbons (Fsp3) is 0. The highest BCUT2D eigenvalue weighted by Gasteiger charge is 2.17. The molecule has 0 aliphatic heterocycles. The quantitative estimate of drug-likeness (QED) is 0.777. The summed E-state index contributed by atoms with van der Waals surface area (Å²) in [6.07, 6.45) is 1.60. The summed E-state index contributed by atoms with van der Waals surface area (Å²) in [6.45, 7) is 0. The van der Waals surface area contributed by atoms with Crippen molar-refractivity contribution in [3.63, 3.8) is 0 Å². The van der Waals surface area contributed by atoms with Gasteiger partial charge in [-0.1, -0.05) is 29.3 Å². The maximum atomic E-state index is 13.6. The van der Waals surface area contributed by atoms with Gasteiger partial charge in [0.25, 0.3) is 0 Å². The first kappa shape index (κ1) is 12.9. The highest BCUT2D eigenvalue weighted by atomic mass is 35.5. The van der Waals surface area contributed by atoms with Gasteiger partial charge in [-0.3, -0.25) is 9.78 Å².